The van der Waals surface area contributed by atoms with E-state index in [0.717, 1.165) is 12.8 Å². The fraction of sp³-hybridized carbons (Fsp3) is 0.385. The maximum Gasteiger partial charge on any atom is 0.332 e. The summed E-state index contributed by atoms with van der Waals surface area (Å²) in [4.78, 5) is 10.5. The van der Waals surface area contributed by atoms with Gasteiger partial charge in [-0.3, -0.25) is 0 Å². The maximum absolute atomic E-state index is 10.5. The fourth-order valence-corrected chi connectivity index (χ4v) is 1.72. The molecule has 3 N–H and O–H groups in total. The molecule has 0 saturated heterocycles. The van der Waals surface area contributed by atoms with Crippen LogP contribution in [0.25, 0.3) is 0 Å². The summed E-state index contributed by atoms with van der Waals surface area (Å²) < 4.78 is 10.8. The molecular weight excluding hydrogens is 282 g/mol. The number of hydrazone groups is 1. The van der Waals surface area contributed by atoms with Crippen molar-refractivity contribution >= 4 is 23.8 Å². The molecule has 0 saturated carbocycles. The summed E-state index contributed by atoms with van der Waals surface area (Å²) in [6, 6.07) is 2.63. The van der Waals surface area contributed by atoms with Gasteiger partial charge >= 0.3 is 6.03 Å². The molecule has 0 atom stereocenters. The fourth-order valence-electron chi connectivity index (χ4n) is 1.44. The van der Waals surface area contributed by atoms with Crippen LogP contribution in [-0.2, 0) is 0 Å². The molecule has 110 valence electrons. The van der Waals surface area contributed by atoms with Crippen LogP contribution in [0.4, 0.5) is 4.79 Å². The number of nitrogens with one attached hydrogen (secondary N) is 1. The molecule has 0 spiro atoms. The zero-order valence-electron chi connectivity index (χ0n) is 11.5. The van der Waals surface area contributed by atoms with Crippen LogP contribution in [0, 0.1) is 0 Å². The first-order valence-electron chi connectivity index (χ1n) is 6.17. The Morgan fingerprint density at radius 1 is 1.55 bits per heavy atom. The number of urea groups is 1. The first-order valence-corrected chi connectivity index (χ1v) is 6.55. The maximum atomic E-state index is 10.5. The van der Waals surface area contributed by atoms with Gasteiger partial charge < -0.3 is 15.2 Å². The Balaban J connectivity index is 2.88. The van der Waals surface area contributed by atoms with Crippen molar-refractivity contribution in [3.63, 3.8) is 0 Å². The largest absolute Gasteiger partial charge is 0.493 e. The minimum Gasteiger partial charge on any atom is -0.493 e. The molecule has 1 rings (SSSR count). The standard InChI is InChI=1S/C13H18ClN3O3/c1-3-4-5-20-12-10(14)6-9(7-11(12)19-2)8-16-17-13(15)18/h6-8H,3-5H2,1-2H3,(H3,15,17,18)/b16-8+. The molecule has 0 radical (unpaired) electrons. The van der Waals surface area contributed by atoms with E-state index >= 15 is 0 Å². The Morgan fingerprint density at radius 3 is 2.90 bits per heavy atom. The van der Waals surface area contributed by atoms with Crippen LogP contribution in [0.1, 0.15) is 25.3 Å². The minimum atomic E-state index is -0.737. The van der Waals surface area contributed by atoms with Crippen molar-refractivity contribution in [3.05, 3.63) is 22.7 Å². The Hall–Kier alpha value is -1.95. The lowest BCUT2D eigenvalue weighted by molar-refractivity contribution is 0.249. The zero-order chi connectivity index (χ0) is 15.0. The highest BCUT2D eigenvalue weighted by molar-refractivity contribution is 6.32. The Labute approximate surface area is 122 Å². The summed E-state index contributed by atoms with van der Waals surface area (Å²) in [7, 11) is 1.53. The van der Waals surface area contributed by atoms with Crippen molar-refractivity contribution in [2.24, 2.45) is 10.8 Å². The molecular formula is C13H18ClN3O3. The van der Waals surface area contributed by atoms with E-state index in [1.54, 1.807) is 12.1 Å². The molecule has 0 fully saturated rings. The molecule has 0 aliphatic carbocycles. The predicted octanol–water partition coefficient (Wildman–Crippen LogP) is 2.53. The number of amides is 2. The van der Waals surface area contributed by atoms with Crippen molar-refractivity contribution < 1.29 is 14.3 Å². The van der Waals surface area contributed by atoms with Gasteiger partial charge in [0.25, 0.3) is 0 Å². The summed E-state index contributed by atoms with van der Waals surface area (Å²) >= 11 is 6.16. The first-order chi connectivity index (χ1) is 9.58. The van der Waals surface area contributed by atoms with Gasteiger partial charge in [0.1, 0.15) is 0 Å². The van der Waals surface area contributed by atoms with Crippen molar-refractivity contribution in [2.75, 3.05) is 13.7 Å². The molecule has 0 unspecified atom stereocenters. The molecule has 7 heteroatoms. The van der Waals surface area contributed by atoms with E-state index in [1.807, 2.05) is 0 Å². The summed E-state index contributed by atoms with van der Waals surface area (Å²) in [5, 5.41) is 4.08. The van der Waals surface area contributed by atoms with E-state index in [2.05, 4.69) is 17.5 Å². The lowest BCUT2D eigenvalue weighted by Crippen LogP contribution is -2.24. The van der Waals surface area contributed by atoms with E-state index in [9.17, 15) is 4.79 Å². The number of ether oxygens (including phenoxy) is 2. The van der Waals surface area contributed by atoms with Crippen LogP contribution in [0.15, 0.2) is 17.2 Å². The number of nitrogens with two attached hydrogens (primary N) is 1. The summed E-state index contributed by atoms with van der Waals surface area (Å²) in [6.45, 7) is 2.65. The summed E-state index contributed by atoms with van der Waals surface area (Å²) in [5.41, 5.74) is 7.66. The molecule has 0 bridgehead atoms. The van der Waals surface area contributed by atoms with Crippen molar-refractivity contribution in [1.82, 2.24) is 5.43 Å². The van der Waals surface area contributed by atoms with Gasteiger partial charge in [-0.15, -0.1) is 0 Å². The summed E-state index contributed by atoms with van der Waals surface area (Å²) in [5.74, 6) is 1.01. The molecule has 20 heavy (non-hydrogen) atoms. The highest BCUT2D eigenvalue weighted by Gasteiger charge is 2.11. The van der Waals surface area contributed by atoms with Crippen LogP contribution in [0.5, 0.6) is 11.5 Å². The number of methoxy groups -OCH3 is 1. The van der Waals surface area contributed by atoms with Gasteiger partial charge in [-0.25, -0.2) is 10.2 Å². The van der Waals surface area contributed by atoms with Crippen molar-refractivity contribution in [3.8, 4) is 11.5 Å². The second-order valence-electron chi connectivity index (χ2n) is 3.97. The highest BCUT2D eigenvalue weighted by atomic mass is 35.5. The number of nitrogens with zero attached hydrogens (tertiary/aromatic N) is 1. The molecule has 0 aliphatic heterocycles. The average molecular weight is 300 g/mol. The number of carbonyl (C=O) groups is 1. The van der Waals surface area contributed by atoms with Crippen LogP contribution < -0.4 is 20.6 Å². The third kappa shape index (κ3) is 4.97. The number of halogens is 1. The van der Waals surface area contributed by atoms with Gasteiger partial charge in [-0.2, -0.15) is 5.10 Å². The van der Waals surface area contributed by atoms with Crippen molar-refractivity contribution in [2.45, 2.75) is 19.8 Å². The number of carbonyl (C=O) groups excluding carboxylic acids is 1. The van der Waals surface area contributed by atoms with Gasteiger partial charge in [0.05, 0.1) is 25.0 Å². The topological polar surface area (TPSA) is 85.9 Å². The summed E-state index contributed by atoms with van der Waals surface area (Å²) in [6.07, 6.45) is 3.38. The second-order valence-corrected chi connectivity index (χ2v) is 4.38. The number of rotatable bonds is 7. The Bertz CT molecular complexity index is 492. The van der Waals surface area contributed by atoms with Gasteiger partial charge in [-0.1, -0.05) is 24.9 Å². The van der Waals surface area contributed by atoms with E-state index in [4.69, 9.17) is 26.8 Å². The van der Waals surface area contributed by atoms with Gasteiger partial charge in [0.15, 0.2) is 11.5 Å². The predicted molar refractivity (Wildman–Crippen MR) is 78.7 cm³/mol. The highest BCUT2D eigenvalue weighted by Crippen LogP contribution is 2.36. The number of primary amides is 1. The monoisotopic (exact) mass is 299 g/mol. The minimum absolute atomic E-state index is 0.418. The normalized spacial score (nSPS) is 10.6. The third-order valence-corrected chi connectivity index (χ3v) is 2.67. The molecule has 6 nitrogen and oxygen atoms in total. The van der Waals surface area contributed by atoms with E-state index < -0.39 is 6.03 Å². The van der Waals surface area contributed by atoms with E-state index in [1.165, 1.54) is 13.3 Å². The van der Waals surface area contributed by atoms with Crippen LogP contribution in [0.3, 0.4) is 0 Å². The van der Waals surface area contributed by atoms with E-state index in [0.29, 0.717) is 28.7 Å². The van der Waals surface area contributed by atoms with Crippen LogP contribution in [-0.4, -0.2) is 26.0 Å². The SMILES string of the molecule is CCCCOc1c(Cl)cc(/C=N/NC(N)=O)cc1OC. The van der Waals surface area contributed by atoms with Crippen LogP contribution >= 0.6 is 11.6 Å². The Kier molecular flexibility index (Phi) is 6.66. The third-order valence-electron chi connectivity index (χ3n) is 2.38. The number of unbranched alkanes of at least 4 members (excludes halogenated alkanes) is 1. The van der Waals surface area contributed by atoms with Crippen LogP contribution in [0.2, 0.25) is 5.02 Å². The molecule has 1 aromatic rings. The second kappa shape index (κ2) is 8.27. The average Bonchev–Trinajstić information content (AvgIpc) is 2.40. The molecule has 2 amide bonds. The molecule has 0 aromatic heterocycles. The quantitative estimate of drug-likeness (QED) is 0.461. The molecule has 1 aromatic carbocycles. The van der Waals surface area contributed by atoms with Gasteiger partial charge in [0, 0.05) is 0 Å². The van der Waals surface area contributed by atoms with E-state index in [-0.39, 0.29) is 0 Å². The van der Waals surface area contributed by atoms with Crippen molar-refractivity contribution in [1.29, 1.82) is 0 Å². The lowest BCUT2D eigenvalue weighted by Gasteiger charge is -2.12. The number of hydrogen-bond donors (Lipinski definition) is 2. The zero-order valence-corrected chi connectivity index (χ0v) is 12.2. The lowest BCUT2D eigenvalue weighted by atomic mass is 10.2. The Morgan fingerprint density at radius 2 is 2.30 bits per heavy atom. The van der Waals surface area contributed by atoms with Gasteiger partial charge in [-0.05, 0) is 24.1 Å². The molecule has 0 heterocycles. The first kappa shape index (κ1) is 16.1. The number of hydrogen-bond acceptors (Lipinski definition) is 4. The smallest absolute Gasteiger partial charge is 0.332 e. The number of benzene rings is 1. The van der Waals surface area contributed by atoms with Gasteiger partial charge in [0.2, 0.25) is 0 Å². The molecule has 0 aliphatic rings.